The molecule has 2 aromatic carbocycles. The van der Waals surface area contributed by atoms with Crippen LogP contribution < -0.4 is 10.1 Å². The van der Waals surface area contributed by atoms with Gasteiger partial charge in [-0.15, -0.1) is 0 Å². The molecule has 1 amide bonds. The lowest BCUT2D eigenvalue weighted by molar-refractivity contribution is 0.101. The van der Waals surface area contributed by atoms with Gasteiger partial charge < -0.3 is 10.1 Å². The third kappa shape index (κ3) is 2.99. The van der Waals surface area contributed by atoms with E-state index in [1.807, 2.05) is 6.07 Å². The second-order valence-electron chi connectivity index (χ2n) is 4.58. The molecule has 1 N–H and O–H groups in total. The average molecular weight is 314 g/mol. The number of benzene rings is 2. The number of ether oxygens (including phenoxy) is 1. The fourth-order valence-corrected chi connectivity index (χ4v) is 2.09. The molecular weight excluding hydrogens is 302 g/mol. The van der Waals surface area contributed by atoms with Gasteiger partial charge >= 0.3 is 0 Å². The lowest BCUT2D eigenvalue weighted by atomic mass is 10.2. The number of hydrogen-bond donors (Lipinski definition) is 1. The van der Waals surface area contributed by atoms with Crippen molar-refractivity contribution in [1.82, 2.24) is 9.97 Å². The minimum atomic E-state index is -0.375. The first-order valence-electron chi connectivity index (χ1n) is 6.53. The summed E-state index contributed by atoms with van der Waals surface area (Å²) in [5, 5.41) is 4.14. The van der Waals surface area contributed by atoms with Crippen molar-refractivity contribution in [1.29, 1.82) is 0 Å². The van der Waals surface area contributed by atoms with E-state index in [0.29, 0.717) is 16.2 Å². The number of anilines is 1. The Labute approximate surface area is 131 Å². The van der Waals surface area contributed by atoms with Crippen molar-refractivity contribution in [2.45, 2.75) is 0 Å². The number of halogens is 1. The van der Waals surface area contributed by atoms with Crippen molar-refractivity contribution in [3.05, 3.63) is 59.5 Å². The summed E-state index contributed by atoms with van der Waals surface area (Å²) in [6.45, 7) is 0. The molecule has 0 bridgehead atoms. The number of nitrogens with zero attached hydrogens (tertiary/aromatic N) is 2. The molecule has 0 atom stereocenters. The van der Waals surface area contributed by atoms with Crippen molar-refractivity contribution in [2.24, 2.45) is 0 Å². The molecule has 0 aliphatic carbocycles. The van der Waals surface area contributed by atoms with Crippen LogP contribution in [-0.2, 0) is 0 Å². The van der Waals surface area contributed by atoms with Crippen LogP contribution in [0.15, 0.2) is 48.7 Å². The van der Waals surface area contributed by atoms with Crippen LogP contribution in [0.25, 0.3) is 10.9 Å². The van der Waals surface area contributed by atoms with Gasteiger partial charge in [-0.25, -0.2) is 9.97 Å². The molecule has 0 spiro atoms. The Morgan fingerprint density at radius 3 is 2.68 bits per heavy atom. The smallest absolute Gasteiger partial charge is 0.293 e. The zero-order chi connectivity index (χ0) is 15.5. The van der Waals surface area contributed by atoms with E-state index in [1.165, 1.54) is 0 Å². The molecule has 0 unspecified atom stereocenters. The number of fused-ring (bicyclic) bond motifs is 1. The van der Waals surface area contributed by atoms with E-state index in [4.69, 9.17) is 16.3 Å². The minimum Gasteiger partial charge on any atom is -0.497 e. The predicted molar refractivity (Wildman–Crippen MR) is 85.5 cm³/mol. The Morgan fingerprint density at radius 1 is 1.18 bits per heavy atom. The van der Waals surface area contributed by atoms with Gasteiger partial charge in [0.25, 0.3) is 5.91 Å². The number of carbonyl (C=O) groups is 1. The van der Waals surface area contributed by atoms with Crippen LogP contribution in [0.5, 0.6) is 5.75 Å². The summed E-state index contributed by atoms with van der Waals surface area (Å²) in [4.78, 5) is 20.5. The predicted octanol–water partition coefficient (Wildman–Crippen LogP) is 3.54. The van der Waals surface area contributed by atoms with Crippen LogP contribution in [0.2, 0.25) is 5.02 Å². The fourth-order valence-electron chi connectivity index (χ4n) is 1.97. The van der Waals surface area contributed by atoms with E-state index >= 15 is 0 Å². The lowest BCUT2D eigenvalue weighted by Crippen LogP contribution is -2.15. The maximum Gasteiger partial charge on any atom is 0.293 e. The standard InChI is InChI=1S/C16H12ClN3O2/c1-22-13-6-7-14-10(8-13)9-18-15(20-14)16(21)19-12-4-2-11(17)3-5-12/h2-9H,1H3,(H,19,21). The van der Waals surface area contributed by atoms with Crippen LogP contribution in [0.1, 0.15) is 10.6 Å². The number of rotatable bonds is 3. The summed E-state index contributed by atoms with van der Waals surface area (Å²) in [7, 11) is 1.59. The molecule has 0 radical (unpaired) electrons. The van der Waals surface area contributed by atoms with E-state index in [9.17, 15) is 4.79 Å². The van der Waals surface area contributed by atoms with Crippen LogP contribution in [0.4, 0.5) is 5.69 Å². The molecule has 6 heteroatoms. The third-order valence-corrected chi connectivity index (χ3v) is 3.34. The first-order valence-corrected chi connectivity index (χ1v) is 6.91. The van der Waals surface area contributed by atoms with E-state index in [-0.39, 0.29) is 11.7 Å². The van der Waals surface area contributed by atoms with Gasteiger partial charge in [-0.05, 0) is 42.5 Å². The maximum atomic E-state index is 12.2. The number of carbonyl (C=O) groups excluding carboxylic acids is 1. The third-order valence-electron chi connectivity index (χ3n) is 3.09. The Balaban J connectivity index is 1.86. The summed E-state index contributed by atoms with van der Waals surface area (Å²) < 4.78 is 5.14. The fraction of sp³-hybridized carbons (Fsp3) is 0.0625. The lowest BCUT2D eigenvalue weighted by Gasteiger charge is -2.06. The van der Waals surface area contributed by atoms with E-state index in [0.717, 1.165) is 11.1 Å². The molecule has 3 rings (SSSR count). The topological polar surface area (TPSA) is 64.1 Å². The second kappa shape index (κ2) is 5.99. The highest BCUT2D eigenvalue weighted by molar-refractivity contribution is 6.30. The van der Waals surface area contributed by atoms with Crippen LogP contribution in [0, 0.1) is 0 Å². The van der Waals surface area contributed by atoms with Crippen LogP contribution >= 0.6 is 11.6 Å². The van der Waals surface area contributed by atoms with Gasteiger partial charge in [-0.2, -0.15) is 0 Å². The van der Waals surface area contributed by atoms with Crippen LogP contribution in [-0.4, -0.2) is 23.0 Å². The molecule has 0 saturated heterocycles. The van der Waals surface area contributed by atoms with E-state index < -0.39 is 0 Å². The van der Waals surface area contributed by atoms with Crippen molar-refractivity contribution in [3.63, 3.8) is 0 Å². The van der Waals surface area contributed by atoms with Crippen molar-refractivity contribution >= 4 is 34.1 Å². The number of nitrogens with one attached hydrogen (secondary N) is 1. The van der Waals surface area contributed by atoms with Gasteiger partial charge in [0.1, 0.15) is 5.75 Å². The first-order chi connectivity index (χ1) is 10.7. The van der Waals surface area contributed by atoms with Gasteiger partial charge in [0.15, 0.2) is 0 Å². The molecule has 0 aliphatic heterocycles. The monoisotopic (exact) mass is 313 g/mol. The van der Waals surface area contributed by atoms with Gasteiger partial charge in [-0.1, -0.05) is 11.6 Å². The molecule has 5 nitrogen and oxygen atoms in total. The molecule has 110 valence electrons. The molecule has 1 aromatic heterocycles. The molecule has 0 aliphatic rings. The average Bonchev–Trinajstić information content (AvgIpc) is 2.56. The molecule has 0 fully saturated rings. The molecule has 3 aromatic rings. The Hall–Kier alpha value is -2.66. The zero-order valence-electron chi connectivity index (χ0n) is 11.7. The van der Waals surface area contributed by atoms with Gasteiger partial charge in [-0.3, -0.25) is 4.79 Å². The Morgan fingerprint density at radius 2 is 1.95 bits per heavy atom. The normalized spacial score (nSPS) is 10.5. The largest absolute Gasteiger partial charge is 0.497 e. The van der Waals surface area contributed by atoms with Gasteiger partial charge in [0, 0.05) is 22.3 Å². The highest BCUT2D eigenvalue weighted by atomic mass is 35.5. The summed E-state index contributed by atoms with van der Waals surface area (Å²) in [6.07, 6.45) is 1.60. The summed E-state index contributed by atoms with van der Waals surface area (Å²) in [6, 6.07) is 12.2. The minimum absolute atomic E-state index is 0.104. The number of hydrogen-bond acceptors (Lipinski definition) is 4. The Kier molecular flexibility index (Phi) is 3.89. The zero-order valence-corrected chi connectivity index (χ0v) is 12.5. The van der Waals surface area contributed by atoms with Crippen LogP contribution in [0.3, 0.4) is 0 Å². The van der Waals surface area contributed by atoms with Gasteiger partial charge in [0.05, 0.1) is 12.6 Å². The van der Waals surface area contributed by atoms with Crippen molar-refractivity contribution in [2.75, 3.05) is 12.4 Å². The van der Waals surface area contributed by atoms with Crippen molar-refractivity contribution in [3.8, 4) is 5.75 Å². The summed E-state index contributed by atoms with van der Waals surface area (Å²) in [5.74, 6) is 0.446. The summed E-state index contributed by atoms with van der Waals surface area (Å²) >= 11 is 5.81. The number of amides is 1. The van der Waals surface area contributed by atoms with Crippen molar-refractivity contribution < 1.29 is 9.53 Å². The van der Waals surface area contributed by atoms with E-state index in [1.54, 1.807) is 49.7 Å². The summed E-state index contributed by atoms with van der Waals surface area (Å²) in [5.41, 5.74) is 1.31. The molecule has 22 heavy (non-hydrogen) atoms. The Bertz CT molecular complexity index is 834. The first kappa shape index (κ1) is 14.3. The second-order valence-corrected chi connectivity index (χ2v) is 5.02. The number of aromatic nitrogens is 2. The highest BCUT2D eigenvalue weighted by Crippen LogP contribution is 2.19. The SMILES string of the molecule is COc1ccc2nc(C(=O)Nc3ccc(Cl)cc3)ncc2c1. The molecule has 0 saturated carbocycles. The molecule has 1 heterocycles. The maximum absolute atomic E-state index is 12.2. The highest BCUT2D eigenvalue weighted by Gasteiger charge is 2.10. The quantitative estimate of drug-likeness (QED) is 0.803. The van der Waals surface area contributed by atoms with Gasteiger partial charge in [0.2, 0.25) is 5.82 Å². The molecular formula is C16H12ClN3O2. The number of methoxy groups -OCH3 is 1. The van der Waals surface area contributed by atoms with E-state index in [2.05, 4.69) is 15.3 Å².